The van der Waals surface area contributed by atoms with Gasteiger partial charge in [0.2, 0.25) is 47.3 Å². The van der Waals surface area contributed by atoms with Gasteiger partial charge in [-0.2, -0.15) is 0 Å². The zero-order chi connectivity index (χ0) is 55.7. The third-order valence-electron chi connectivity index (χ3n) is 11.5. The number of aliphatic hydroxyl groups excluding tert-OH is 1. The predicted octanol–water partition coefficient (Wildman–Crippen LogP) is -3.66. The molecular weight excluding hydrogens is 1000 g/mol. The molecule has 1 fully saturated rings. The Balaban J connectivity index is 2.74. The number of aromatic hydroxyl groups is 1. The number of guanidine groups is 2. The molecular formula is C46H77N15O11S2. The van der Waals surface area contributed by atoms with Crippen LogP contribution in [0.25, 0.3) is 0 Å². The van der Waals surface area contributed by atoms with E-state index in [0.29, 0.717) is 12.0 Å². The highest BCUT2D eigenvalue weighted by Crippen LogP contribution is 2.24. The molecule has 1 saturated heterocycles. The number of ketones is 1. The Kier molecular flexibility index (Phi) is 28.2. The summed E-state index contributed by atoms with van der Waals surface area (Å²) in [5.74, 6) is -8.65. The van der Waals surface area contributed by atoms with E-state index in [2.05, 4.69) is 52.5 Å². The van der Waals surface area contributed by atoms with Crippen molar-refractivity contribution in [3.8, 4) is 5.75 Å². The Morgan fingerprint density at radius 1 is 0.743 bits per heavy atom. The fourth-order valence-electron chi connectivity index (χ4n) is 7.30. The van der Waals surface area contributed by atoms with Gasteiger partial charge in [-0.1, -0.05) is 67.8 Å². The van der Waals surface area contributed by atoms with E-state index >= 15 is 0 Å². The van der Waals surface area contributed by atoms with Crippen LogP contribution in [0.5, 0.6) is 5.75 Å². The number of nitrogens with one attached hydrogen (secondary N) is 8. The van der Waals surface area contributed by atoms with Gasteiger partial charge in [0.1, 0.15) is 48.0 Å². The first-order valence-corrected chi connectivity index (χ1v) is 26.8. The fraction of sp³-hybridized carbons (Fsp3) is 0.630. The molecule has 0 aliphatic carbocycles. The van der Waals surface area contributed by atoms with Gasteiger partial charge in [0.25, 0.3) is 0 Å². The van der Waals surface area contributed by atoms with E-state index in [1.165, 1.54) is 26.0 Å². The second-order valence-electron chi connectivity index (χ2n) is 18.3. The predicted molar refractivity (Wildman–Crippen MR) is 282 cm³/mol. The van der Waals surface area contributed by atoms with E-state index in [1.54, 1.807) is 26.0 Å². The third-order valence-corrected chi connectivity index (χ3v) is 13.9. The summed E-state index contributed by atoms with van der Waals surface area (Å²) in [6.45, 7) is 9.11. The molecule has 1 aromatic rings. The SMILES string of the molecule is CC[C@H](C)[C@@H]1NC(=O)[C@H](CC(C)C)NC(=O)C(NC(C)=O)CSSC[C@@H](C(=O)N[C@@H](CCCN=C(N)N)C(=O)N[C@@H](Cc2ccc(O)cc2)C(=O)CN)NC(=O)[C@H](CCCN=C(N)N)NC(=O)C([C@@H](C)O)NC1=O. The molecule has 1 heterocycles. The number of rotatable bonds is 22. The Hall–Kier alpha value is -6.39. The van der Waals surface area contributed by atoms with Gasteiger partial charge in [0, 0.05) is 31.5 Å². The number of Topliss-reactive ketones (excluding diaryl/α,β-unsaturated/α-hetero) is 1. The number of phenols is 1. The minimum atomic E-state index is -1.69. The molecule has 0 aromatic heterocycles. The second-order valence-corrected chi connectivity index (χ2v) is 20.8. The molecule has 28 heteroatoms. The van der Waals surface area contributed by atoms with Crippen LogP contribution in [0.15, 0.2) is 34.3 Å². The number of aliphatic imine (C=N–C) groups is 2. The van der Waals surface area contributed by atoms with E-state index in [4.69, 9.17) is 28.7 Å². The maximum Gasteiger partial charge on any atom is 0.245 e. The summed E-state index contributed by atoms with van der Waals surface area (Å²) >= 11 is 0. The third kappa shape index (κ3) is 23.2. The minimum Gasteiger partial charge on any atom is -0.508 e. The van der Waals surface area contributed by atoms with E-state index in [1.807, 2.05) is 13.8 Å². The molecule has 414 valence electrons. The van der Waals surface area contributed by atoms with Crippen LogP contribution in [0.4, 0.5) is 0 Å². The van der Waals surface area contributed by atoms with Crippen molar-refractivity contribution >= 4 is 86.5 Å². The molecule has 2 rings (SSSR count). The molecule has 0 radical (unpaired) electrons. The topological polar surface area (TPSA) is 445 Å². The summed E-state index contributed by atoms with van der Waals surface area (Å²) in [6.07, 6.45) is -1.09. The van der Waals surface area contributed by atoms with Gasteiger partial charge >= 0.3 is 0 Å². The van der Waals surface area contributed by atoms with Gasteiger partial charge in [0.15, 0.2) is 17.7 Å². The molecule has 0 saturated carbocycles. The lowest BCUT2D eigenvalue weighted by Gasteiger charge is -2.31. The fourth-order valence-corrected chi connectivity index (χ4v) is 9.63. The van der Waals surface area contributed by atoms with Crippen LogP contribution in [-0.2, 0) is 49.6 Å². The maximum atomic E-state index is 14.5. The molecule has 0 spiro atoms. The van der Waals surface area contributed by atoms with E-state index in [9.17, 15) is 53.4 Å². The van der Waals surface area contributed by atoms with Crippen molar-refractivity contribution in [3.63, 3.8) is 0 Å². The van der Waals surface area contributed by atoms with E-state index in [-0.39, 0.29) is 86.7 Å². The number of phenolic OH excluding ortho intramolecular Hbond substituents is 1. The average Bonchev–Trinajstić information content (AvgIpc) is 3.33. The van der Waals surface area contributed by atoms with Crippen LogP contribution in [0, 0.1) is 11.8 Å². The van der Waals surface area contributed by atoms with Crippen molar-refractivity contribution < 1.29 is 53.4 Å². The number of carbonyl (C=O) groups is 9. The molecule has 10 atom stereocenters. The normalized spacial score (nSPS) is 22.1. The highest BCUT2D eigenvalue weighted by Gasteiger charge is 2.37. The monoisotopic (exact) mass is 1080 g/mol. The van der Waals surface area contributed by atoms with Gasteiger partial charge in [-0.3, -0.25) is 53.1 Å². The van der Waals surface area contributed by atoms with Gasteiger partial charge < -0.3 is 81.4 Å². The lowest BCUT2D eigenvalue weighted by molar-refractivity contribution is -0.137. The van der Waals surface area contributed by atoms with Crippen LogP contribution in [-0.4, -0.2) is 161 Å². The molecule has 74 heavy (non-hydrogen) atoms. The molecule has 1 aliphatic rings. The molecule has 2 unspecified atom stereocenters. The first kappa shape index (κ1) is 63.7. The summed E-state index contributed by atoms with van der Waals surface area (Å²) in [6, 6.07) is -5.00. The average molecular weight is 1080 g/mol. The van der Waals surface area contributed by atoms with Crippen molar-refractivity contribution in [2.24, 2.45) is 50.5 Å². The molecule has 1 aromatic carbocycles. The summed E-state index contributed by atoms with van der Waals surface area (Å²) in [7, 11) is 2.02. The number of nitrogens with two attached hydrogens (primary N) is 5. The van der Waals surface area contributed by atoms with Gasteiger partial charge in [0.05, 0.1) is 18.7 Å². The Morgan fingerprint density at radius 2 is 1.31 bits per heavy atom. The first-order chi connectivity index (χ1) is 34.9. The first-order valence-electron chi connectivity index (χ1n) is 24.3. The number of benzene rings is 1. The van der Waals surface area contributed by atoms with Crippen LogP contribution in [0.2, 0.25) is 0 Å². The smallest absolute Gasteiger partial charge is 0.245 e. The summed E-state index contributed by atoms with van der Waals surface area (Å²) in [5, 5.41) is 41.7. The van der Waals surface area contributed by atoms with Crippen LogP contribution in [0.3, 0.4) is 0 Å². The van der Waals surface area contributed by atoms with Crippen molar-refractivity contribution in [1.29, 1.82) is 0 Å². The number of amides is 8. The number of aliphatic hydroxyl groups is 1. The highest BCUT2D eigenvalue weighted by molar-refractivity contribution is 8.76. The van der Waals surface area contributed by atoms with Crippen molar-refractivity contribution in [1.82, 2.24) is 42.5 Å². The number of carbonyl (C=O) groups excluding carboxylic acids is 9. The molecule has 26 nitrogen and oxygen atoms in total. The Bertz CT molecular complexity index is 2130. The van der Waals surface area contributed by atoms with Gasteiger partial charge in [-0.05, 0) is 75.0 Å². The van der Waals surface area contributed by atoms with Gasteiger partial charge in [-0.15, -0.1) is 0 Å². The zero-order valence-corrected chi connectivity index (χ0v) is 44.4. The zero-order valence-electron chi connectivity index (χ0n) is 42.8. The quantitative estimate of drug-likeness (QED) is 0.0230. The number of hydrogen-bond donors (Lipinski definition) is 15. The minimum absolute atomic E-state index is 0.00310. The van der Waals surface area contributed by atoms with Gasteiger partial charge in [-0.25, -0.2) is 0 Å². The Morgan fingerprint density at radius 3 is 1.88 bits per heavy atom. The van der Waals surface area contributed by atoms with Crippen molar-refractivity contribution in [3.05, 3.63) is 29.8 Å². The molecule has 0 bridgehead atoms. The largest absolute Gasteiger partial charge is 0.508 e. The Labute approximate surface area is 439 Å². The molecule has 1 aliphatic heterocycles. The lowest BCUT2D eigenvalue weighted by atomic mass is 9.96. The van der Waals surface area contributed by atoms with Crippen molar-refractivity contribution in [2.45, 2.75) is 141 Å². The summed E-state index contributed by atoms with van der Waals surface area (Å²) in [5.41, 5.74) is 28.4. The second kappa shape index (κ2) is 32.7. The summed E-state index contributed by atoms with van der Waals surface area (Å²) in [4.78, 5) is 133. The van der Waals surface area contributed by atoms with Crippen molar-refractivity contribution in [2.75, 3.05) is 31.1 Å². The lowest BCUT2D eigenvalue weighted by Crippen LogP contribution is -2.63. The maximum absolute atomic E-state index is 14.5. The van der Waals surface area contributed by atoms with Crippen LogP contribution < -0.4 is 71.2 Å². The van der Waals surface area contributed by atoms with E-state index < -0.39 is 120 Å². The van der Waals surface area contributed by atoms with Crippen LogP contribution in [0.1, 0.15) is 85.6 Å². The molecule has 20 N–H and O–H groups in total. The summed E-state index contributed by atoms with van der Waals surface area (Å²) < 4.78 is 0. The number of hydrogen-bond acceptors (Lipinski definition) is 16. The molecule has 8 amide bonds. The van der Waals surface area contributed by atoms with E-state index in [0.717, 1.165) is 21.6 Å². The number of nitrogens with zero attached hydrogens (tertiary/aromatic N) is 2. The highest BCUT2D eigenvalue weighted by atomic mass is 33.1. The van der Waals surface area contributed by atoms with Crippen LogP contribution >= 0.6 is 21.6 Å². The standard InChI is InChI=1S/C46H77N15O11S2/c1-7-24(4)36-43(71)61-37(25(5)62)44(72)56-30(11-9-17-53-46(50)51)39(67)59-34(22-74-73-21-33(54-26(6)63)41(69)58-32(18-23(2)3)40(68)60-36)42(70)55-29(10-8-16-52-45(48)49)38(66)57-31(35(65)20-47)19-27-12-14-28(64)15-13-27/h12-15,23-25,29-34,36-37,62,64H,7-11,16-22,47H2,1-6H3,(H,54,63)(H,55,70)(H,56,72)(H,57,66)(H,58,69)(H,59,67)(H,60,68)(H,61,71)(H4,48,49,52)(H4,50,51,53)/t24-,25+,29-,30-,31-,32-,33?,34-,36-,37?/m0/s1.